The van der Waals surface area contributed by atoms with Gasteiger partial charge in [0.05, 0.1) is 18.4 Å². The molecule has 15 heteroatoms. The number of hydrogen-bond donors (Lipinski definition) is 2. The predicted molar refractivity (Wildman–Crippen MR) is 124 cm³/mol. The Morgan fingerprint density at radius 2 is 1.64 bits per heavy atom. The van der Waals surface area contributed by atoms with Crippen molar-refractivity contribution in [1.29, 1.82) is 0 Å². The smallest absolute Gasteiger partial charge is 0.475 e. The maximum atomic E-state index is 10.6. The first-order valence-electron chi connectivity index (χ1n) is 11.6. The van der Waals surface area contributed by atoms with Gasteiger partial charge in [0.2, 0.25) is 0 Å². The molecule has 9 nitrogen and oxygen atoms in total. The second-order valence-corrected chi connectivity index (χ2v) is 8.79. The van der Waals surface area contributed by atoms with E-state index in [4.69, 9.17) is 24.5 Å². The van der Waals surface area contributed by atoms with Crippen molar-refractivity contribution in [3.63, 3.8) is 0 Å². The van der Waals surface area contributed by atoms with E-state index in [-0.39, 0.29) is 0 Å². The van der Waals surface area contributed by atoms with E-state index in [1.54, 1.807) is 0 Å². The third kappa shape index (κ3) is 11.5. The van der Waals surface area contributed by atoms with Crippen LogP contribution in [0.1, 0.15) is 23.4 Å². The summed E-state index contributed by atoms with van der Waals surface area (Å²) >= 11 is 0. The number of carboxylic acid groups (broad SMARTS) is 2. The predicted octanol–water partition coefficient (Wildman–Crippen LogP) is 3.53. The standard InChI is InChI=1S/C20H26N4O.2C2HF3O2/c1-16-4-2-6-18(22-16)15-25-20-10-19-13-23(8-9-24(19)14-20)12-17-5-3-7-21-11-17;2*3-2(4,5)1(6)7/h2-7,11,19-20H,8-10,12-15H2,1H3;2*(H,6,7). The van der Waals surface area contributed by atoms with Crippen LogP contribution >= 0.6 is 0 Å². The number of aromatic nitrogens is 2. The van der Waals surface area contributed by atoms with E-state index in [0.29, 0.717) is 18.8 Å². The number of halogens is 6. The normalized spacial score (nSPS) is 19.7. The van der Waals surface area contributed by atoms with E-state index in [1.165, 1.54) is 5.56 Å². The Bertz CT molecular complexity index is 1050. The second-order valence-electron chi connectivity index (χ2n) is 8.79. The molecule has 2 aliphatic heterocycles. The minimum Gasteiger partial charge on any atom is -0.475 e. The molecule has 2 unspecified atom stereocenters. The lowest BCUT2D eigenvalue weighted by Gasteiger charge is -2.37. The molecule has 0 bridgehead atoms. The Balaban J connectivity index is 0.000000317. The minimum absolute atomic E-state index is 0.325. The highest BCUT2D eigenvalue weighted by molar-refractivity contribution is 5.73. The zero-order valence-electron chi connectivity index (χ0n) is 20.8. The van der Waals surface area contributed by atoms with Crippen LogP contribution in [0.25, 0.3) is 0 Å². The molecular formula is C24H28F6N4O5. The maximum absolute atomic E-state index is 10.6. The molecule has 0 aromatic carbocycles. The first kappa shape index (κ1) is 31.9. The lowest BCUT2D eigenvalue weighted by Crippen LogP contribution is -2.49. The zero-order valence-corrected chi connectivity index (χ0v) is 20.8. The van der Waals surface area contributed by atoms with Crippen molar-refractivity contribution < 1.29 is 50.9 Å². The average Bonchev–Trinajstić information content (AvgIpc) is 3.25. The number of alkyl halides is 6. The number of piperazine rings is 1. The lowest BCUT2D eigenvalue weighted by molar-refractivity contribution is -0.193. The topological polar surface area (TPSA) is 116 Å². The van der Waals surface area contributed by atoms with Gasteiger partial charge in [-0.15, -0.1) is 0 Å². The van der Waals surface area contributed by atoms with E-state index < -0.39 is 24.3 Å². The number of pyridine rings is 2. The van der Waals surface area contributed by atoms with Crippen LogP contribution in [0.5, 0.6) is 0 Å². The SMILES string of the molecule is Cc1cccc(COC2CC3CN(Cc4cccnc4)CCN3C2)n1.O=C(O)C(F)(F)F.O=C(O)C(F)(F)F. The molecule has 0 radical (unpaired) electrons. The molecule has 2 atom stereocenters. The number of rotatable bonds is 5. The molecule has 0 aliphatic carbocycles. The van der Waals surface area contributed by atoms with Gasteiger partial charge in [0, 0.05) is 56.9 Å². The fourth-order valence-corrected chi connectivity index (χ4v) is 3.96. The summed E-state index contributed by atoms with van der Waals surface area (Å²) in [5.74, 6) is -5.51. The molecule has 0 amide bonds. The number of fused-ring (bicyclic) bond motifs is 1. The summed E-state index contributed by atoms with van der Waals surface area (Å²) in [6.07, 6.45) is -4.91. The van der Waals surface area contributed by atoms with Crippen molar-refractivity contribution in [1.82, 2.24) is 19.8 Å². The van der Waals surface area contributed by atoms with Gasteiger partial charge in [-0.05, 0) is 37.1 Å². The molecule has 2 fully saturated rings. The van der Waals surface area contributed by atoms with Crippen molar-refractivity contribution >= 4 is 11.9 Å². The summed E-state index contributed by atoms with van der Waals surface area (Å²) in [4.78, 5) is 31.7. The molecule has 0 saturated carbocycles. The van der Waals surface area contributed by atoms with E-state index in [0.717, 1.165) is 50.5 Å². The van der Waals surface area contributed by atoms with E-state index >= 15 is 0 Å². The molecule has 2 saturated heterocycles. The number of nitrogens with zero attached hydrogens (tertiary/aromatic N) is 4. The van der Waals surface area contributed by atoms with Gasteiger partial charge in [0.15, 0.2) is 0 Å². The van der Waals surface area contributed by atoms with Crippen LogP contribution in [0.4, 0.5) is 26.3 Å². The zero-order chi connectivity index (χ0) is 29.2. The van der Waals surface area contributed by atoms with Crippen LogP contribution in [0.3, 0.4) is 0 Å². The van der Waals surface area contributed by atoms with Gasteiger partial charge in [-0.1, -0.05) is 12.1 Å². The van der Waals surface area contributed by atoms with Crippen LogP contribution in [-0.2, 0) is 27.5 Å². The Morgan fingerprint density at radius 1 is 1.00 bits per heavy atom. The van der Waals surface area contributed by atoms with Crippen LogP contribution in [0.15, 0.2) is 42.7 Å². The van der Waals surface area contributed by atoms with Crippen molar-refractivity contribution in [3.05, 3.63) is 59.7 Å². The van der Waals surface area contributed by atoms with Crippen LogP contribution in [-0.4, -0.2) is 92.6 Å². The Morgan fingerprint density at radius 3 is 2.18 bits per heavy atom. The second kappa shape index (κ2) is 14.2. The molecule has 2 aliphatic rings. The Hall–Kier alpha value is -3.30. The van der Waals surface area contributed by atoms with Crippen LogP contribution in [0.2, 0.25) is 0 Å². The summed E-state index contributed by atoms with van der Waals surface area (Å²) in [5.41, 5.74) is 3.38. The summed E-state index contributed by atoms with van der Waals surface area (Å²) in [5, 5.41) is 14.2. The number of ether oxygens (including phenoxy) is 1. The van der Waals surface area contributed by atoms with Crippen molar-refractivity contribution in [2.24, 2.45) is 0 Å². The third-order valence-electron chi connectivity index (χ3n) is 5.69. The van der Waals surface area contributed by atoms with E-state index in [2.05, 4.69) is 31.9 Å². The fraction of sp³-hybridized carbons (Fsp3) is 0.500. The summed E-state index contributed by atoms with van der Waals surface area (Å²) in [6.45, 7) is 8.07. The highest BCUT2D eigenvalue weighted by atomic mass is 19.4. The van der Waals surface area contributed by atoms with Gasteiger partial charge in [-0.25, -0.2) is 9.59 Å². The number of aryl methyl sites for hydroxylation is 1. The van der Waals surface area contributed by atoms with Gasteiger partial charge in [0.25, 0.3) is 0 Å². The molecule has 39 heavy (non-hydrogen) atoms. The van der Waals surface area contributed by atoms with Crippen molar-refractivity contribution in [3.8, 4) is 0 Å². The highest BCUT2D eigenvalue weighted by Crippen LogP contribution is 2.25. The minimum atomic E-state index is -5.08. The monoisotopic (exact) mass is 566 g/mol. The van der Waals surface area contributed by atoms with Crippen molar-refractivity contribution in [2.75, 3.05) is 26.2 Å². The summed E-state index contributed by atoms with van der Waals surface area (Å²) in [7, 11) is 0. The van der Waals surface area contributed by atoms with E-state index in [9.17, 15) is 26.3 Å². The Kier molecular flexibility index (Phi) is 11.6. The van der Waals surface area contributed by atoms with Gasteiger partial charge in [-0.3, -0.25) is 19.8 Å². The van der Waals surface area contributed by atoms with Gasteiger partial charge >= 0.3 is 24.3 Å². The summed E-state index contributed by atoms with van der Waals surface area (Å²) < 4.78 is 69.6. The number of carbonyl (C=O) groups is 2. The number of carboxylic acids is 2. The molecule has 2 aromatic heterocycles. The van der Waals surface area contributed by atoms with Crippen LogP contribution < -0.4 is 0 Å². The summed E-state index contributed by atoms with van der Waals surface area (Å²) in [6, 6.07) is 10.9. The Labute approximate surface area is 220 Å². The fourth-order valence-electron chi connectivity index (χ4n) is 3.96. The largest absolute Gasteiger partial charge is 0.490 e. The number of aliphatic carboxylic acids is 2. The highest BCUT2D eigenvalue weighted by Gasteiger charge is 2.39. The first-order chi connectivity index (χ1) is 18.1. The average molecular weight is 566 g/mol. The molecular weight excluding hydrogens is 538 g/mol. The lowest BCUT2D eigenvalue weighted by atomic mass is 10.1. The van der Waals surface area contributed by atoms with Gasteiger partial charge < -0.3 is 14.9 Å². The molecule has 2 aromatic rings. The molecule has 0 spiro atoms. The third-order valence-corrected chi connectivity index (χ3v) is 5.69. The van der Waals surface area contributed by atoms with Gasteiger partial charge in [-0.2, -0.15) is 26.3 Å². The molecule has 4 rings (SSSR count). The molecule has 4 heterocycles. The van der Waals surface area contributed by atoms with Crippen molar-refractivity contribution in [2.45, 2.75) is 51.0 Å². The maximum Gasteiger partial charge on any atom is 0.490 e. The molecule has 216 valence electrons. The van der Waals surface area contributed by atoms with Gasteiger partial charge in [0.1, 0.15) is 0 Å². The van der Waals surface area contributed by atoms with Crippen LogP contribution in [0, 0.1) is 6.92 Å². The molecule has 2 N–H and O–H groups in total. The van der Waals surface area contributed by atoms with E-state index in [1.807, 2.05) is 37.5 Å². The first-order valence-corrected chi connectivity index (χ1v) is 11.6. The number of hydrogen-bond acceptors (Lipinski definition) is 7. The quantitative estimate of drug-likeness (QED) is 0.525.